The molecule has 0 aliphatic rings. The summed E-state index contributed by atoms with van der Waals surface area (Å²) in [6, 6.07) is -9.47. The monoisotopic (exact) mass is 1740 g/mol. The summed E-state index contributed by atoms with van der Waals surface area (Å²) in [6.07, 6.45) is 9.10. The number of amides is 13. The van der Waals surface area contributed by atoms with Crippen LogP contribution in [0.1, 0.15) is 247 Å². The van der Waals surface area contributed by atoms with Gasteiger partial charge in [-0.1, -0.05) is 162 Å². The molecule has 1 unspecified atom stereocenters. The van der Waals surface area contributed by atoms with Crippen LogP contribution in [0.15, 0.2) is 40.3 Å². The number of carboxylic acid groups (broad SMARTS) is 5. The van der Waals surface area contributed by atoms with Crippen LogP contribution in [-0.4, -0.2) is 230 Å². The lowest BCUT2D eigenvalue weighted by Crippen LogP contribution is -2.60. The predicted molar refractivity (Wildman–Crippen MR) is 452 cm³/mol. The van der Waals surface area contributed by atoms with Crippen LogP contribution < -0.4 is 92.5 Å². The maximum atomic E-state index is 14.7. The van der Waals surface area contributed by atoms with Gasteiger partial charge >= 0.3 is 29.8 Å². The van der Waals surface area contributed by atoms with Crippen molar-refractivity contribution in [3.8, 4) is 0 Å². The van der Waals surface area contributed by atoms with Crippen LogP contribution in [0.5, 0.6) is 0 Å². The Morgan fingerprint density at radius 1 is 0.341 bits per heavy atom. The molecule has 0 aliphatic carbocycles. The molecule has 692 valence electrons. The van der Waals surface area contributed by atoms with Gasteiger partial charge in [0, 0.05) is 51.6 Å². The van der Waals surface area contributed by atoms with Gasteiger partial charge in [0.1, 0.15) is 66.5 Å². The molecule has 123 heavy (non-hydrogen) atoms. The number of hydrogen-bond donors (Lipinski definition) is 22. The summed E-state index contributed by atoms with van der Waals surface area (Å²) in [5, 5.41) is 77.1. The standard InChI is InChI=1S/C81H135N19O23/c1-8-48(5)67(77(120)89-46-62(103)91-58(45-66(110)111)76(119)96-56(37-40-65(108)109)73(116)98-59(79(122)123)44-51-29-23-22-24-30-51)100-74(117)53(32-28-42-88-81(85)86)93-70(113)52(31-27-41-87-80(83)84)94-75(118)57(43-47(3)4)97-72(115)55(36-39-64(106)107)95-71(114)54(35-38-60(82)101)92-69(112)50(7)90-78(121)68(49(6)9-2)99-61(102)33-25-20-18-16-14-12-10-11-13-15-17-19-21-26-34-63(104)105/h22-24,29-30,47-50,52-59,67-68H,8-21,25-28,31-46H2,1-7H3,(H2,82,101)(H,89,120)(H,90,121)(H,91,103)(H,92,112)(H,93,113)(H,94,118)(H,95,114)(H,96,119)(H,97,115)(H,98,116)(H,99,102)(H,100,117)(H,104,105)(H,106,107)(H,108,109)(H,110,111)(H,122,123)(H4,83,84,87)(H4,85,86,88)/t48-,49-,50-,52-,53?,54-,55-,56-,57-,58-,59-,67-,68-/m0/s1. The van der Waals surface area contributed by atoms with Crippen molar-refractivity contribution < 1.29 is 112 Å². The molecule has 0 aliphatic heterocycles. The Labute approximate surface area is 717 Å². The van der Waals surface area contributed by atoms with Crippen molar-refractivity contribution in [1.29, 1.82) is 0 Å². The average molecular weight is 1740 g/mol. The second-order valence-electron chi connectivity index (χ2n) is 31.2. The van der Waals surface area contributed by atoms with Gasteiger partial charge in [0.15, 0.2) is 11.9 Å². The highest BCUT2D eigenvalue weighted by Crippen LogP contribution is 2.18. The van der Waals surface area contributed by atoms with Crippen molar-refractivity contribution in [2.24, 2.45) is 56.4 Å². The highest BCUT2D eigenvalue weighted by Gasteiger charge is 2.38. The Morgan fingerprint density at radius 3 is 1.11 bits per heavy atom. The fraction of sp³-hybridized carbons (Fsp3) is 0.679. The Morgan fingerprint density at radius 2 is 0.707 bits per heavy atom. The van der Waals surface area contributed by atoms with Crippen LogP contribution in [-0.2, 0) is 92.7 Å². The number of guanidine groups is 2. The zero-order valence-corrected chi connectivity index (χ0v) is 71.9. The average Bonchev–Trinajstić information content (AvgIpc) is 0.855. The Bertz CT molecular complexity index is 3660. The van der Waals surface area contributed by atoms with E-state index in [0.717, 1.165) is 77.0 Å². The van der Waals surface area contributed by atoms with Crippen molar-refractivity contribution in [3.63, 3.8) is 0 Å². The van der Waals surface area contributed by atoms with Crippen molar-refractivity contribution in [3.05, 3.63) is 35.9 Å². The number of nitrogens with two attached hydrogens (primary N) is 5. The maximum Gasteiger partial charge on any atom is 0.326 e. The largest absolute Gasteiger partial charge is 0.481 e. The second kappa shape index (κ2) is 61.5. The highest BCUT2D eigenvalue weighted by atomic mass is 16.4. The summed E-state index contributed by atoms with van der Waals surface area (Å²) in [7, 11) is 0. The van der Waals surface area contributed by atoms with E-state index in [9.17, 15) is 107 Å². The number of carbonyl (C=O) groups is 18. The minimum atomic E-state index is -1.99. The second-order valence-corrected chi connectivity index (χ2v) is 31.2. The molecule has 13 atom stereocenters. The van der Waals surface area contributed by atoms with Gasteiger partial charge in [0.2, 0.25) is 76.8 Å². The van der Waals surface area contributed by atoms with E-state index in [4.69, 9.17) is 33.8 Å². The molecule has 42 heteroatoms. The van der Waals surface area contributed by atoms with Gasteiger partial charge in [0.25, 0.3) is 0 Å². The molecule has 1 aromatic rings. The normalized spacial score (nSPS) is 14.2. The predicted octanol–water partition coefficient (Wildman–Crippen LogP) is -0.176. The lowest BCUT2D eigenvalue weighted by Gasteiger charge is -2.29. The molecule has 0 saturated heterocycles. The summed E-state index contributed by atoms with van der Waals surface area (Å²) < 4.78 is 0. The van der Waals surface area contributed by atoms with Gasteiger partial charge in [-0.05, 0) is 94.4 Å². The van der Waals surface area contributed by atoms with Crippen LogP contribution in [0.25, 0.3) is 0 Å². The van der Waals surface area contributed by atoms with Gasteiger partial charge in [-0.2, -0.15) is 0 Å². The van der Waals surface area contributed by atoms with Gasteiger partial charge in [0.05, 0.1) is 13.0 Å². The van der Waals surface area contributed by atoms with E-state index in [1.54, 1.807) is 58.0 Å². The Balaban J connectivity index is 3.50. The number of nitrogens with zero attached hydrogens (tertiary/aromatic N) is 2. The molecule has 13 amide bonds. The van der Waals surface area contributed by atoms with Gasteiger partial charge < -0.3 is 118 Å². The van der Waals surface area contributed by atoms with E-state index in [1.807, 2.05) is 6.92 Å². The molecule has 0 heterocycles. The lowest BCUT2D eigenvalue weighted by atomic mass is 9.97. The van der Waals surface area contributed by atoms with Gasteiger partial charge in [-0.3, -0.25) is 91.5 Å². The van der Waals surface area contributed by atoms with Gasteiger partial charge in [-0.25, -0.2) is 4.79 Å². The first-order chi connectivity index (χ1) is 58.1. The molecule has 0 fully saturated rings. The zero-order chi connectivity index (χ0) is 92.7. The minimum absolute atomic E-state index is 0.0161. The van der Waals surface area contributed by atoms with Crippen molar-refractivity contribution in [2.45, 2.75) is 314 Å². The molecule has 0 aromatic heterocycles. The number of hydrogen-bond acceptors (Lipinski definition) is 20. The molecular formula is C81H135N19O23. The molecule has 0 bridgehead atoms. The van der Waals surface area contributed by atoms with E-state index in [0.29, 0.717) is 24.8 Å². The number of aliphatic carboxylic acids is 5. The molecule has 42 nitrogen and oxygen atoms in total. The van der Waals surface area contributed by atoms with Gasteiger partial charge in [-0.15, -0.1) is 0 Å². The van der Waals surface area contributed by atoms with Crippen LogP contribution in [0, 0.1) is 17.8 Å². The van der Waals surface area contributed by atoms with E-state index in [2.05, 4.69) is 73.8 Å². The smallest absolute Gasteiger partial charge is 0.326 e. The number of benzene rings is 1. The number of primary amides is 1. The number of carboxylic acids is 5. The Hall–Kier alpha value is -11.8. The van der Waals surface area contributed by atoms with E-state index in [-0.39, 0.29) is 88.7 Å². The third-order valence-electron chi connectivity index (χ3n) is 20.1. The maximum absolute atomic E-state index is 14.7. The number of nitrogens with one attached hydrogen (secondary N) is 12. The van der Waals surface area contributed by atoms with E-state index in [1.165, 1.54) is 13.8 Å². The van der Waals surface area contributed by atoms with Crippen LogP contribution in [0.4, 0.5) is 0 Å². The third-order valence-corrected chi connectivity index (χ3v) is 20.1. The molecule has 1 rings (SSSR count). The molecule has 27 N–H and O–H groups in total. The lowest BCUT2D eigenvalue weighted by molar-refractivity contribution is -0.143. The highest BCUT2D eigenvalue weighted by molar-refractivity contribution is 6.00. The van der Waals surface area contributed by atoms with E-state index >= 15 is 0 Å². The summed E-state index contributed by atoms with van der Waals surface area (Å²) in [5.74, 6) is -21.9. The van der Waals surface area contributed by atoms with Crippen LogP contribution >= 0.6 is 0 Å². The fourth-order valence-corrected chi connectivity index (χ4v) is 12.7. The fourth-order valence-electron chi connectivity index (χ4n) is 12.7. The third kappa shape index (κ3) is 49.7. The first-order valence-corrected chi connectivity index (χ1v) is 42.2. The van der Waals surface area contributed by atoms with Crippen molar-refractivity contribution >= 4 is 119 Å². The zero-order valence-electron chi connectivity index (χ0n) is 71.9. The van der Waals surface area contributed by atoms with Crippen LogP contribution in [0.2, 0.25) is 0 Å². The molecular weight excluding hydrogens is 1610 g/mol. The Kier molecular flexibility index (Phi) is 54.6. The number of rotatable bonds is 68. The first-order valence-electron chi connectivity index (χ1n) is 42.2. The number of aliphatic imine (C=N–C) groups is 2. The number of unbranched alkanes of at least 4 members (excludes halogenated alkanes) is 13. The first kappa shape index (κ1) is 109. The van der Waals surface area contributed by atoms with E-state index < -0.39 is 236 Å². The molecule has 0 saturated carbocycles. The quantitative estimate of drug-likeness (QED) is 0.0229. The molecule has 0 spiro atoms. The summed E-state index contributed by atoms with van der Waals surface area (Å²) in [4.78, 5) is 247. The topological polar surface area (TPSA) is 708 Å². The number of carbonyl (C=O) groups excluding carboxylic acids is 13. The minimum Gasteiger partial charge on any atom is -0.481 e. The van der Waals surface area contributed by atoms with Crippen LogP contribution in [0.3, 0.4) is 0 Å². The van der Waals surface area contributed by atoms with Crippen molar-refractivity contribution in [1.82, 2.24) is 63.8 Å². The summed E-state index contributed by atoms with van der Waals surface area (Å²) in [5.41, 5.74) is 28.3. The van der Waals surface area contributed by atoms with Crippen molar-refractivity contribution in [2.75, 3.05) is 19.6 Å². The summed E-state index contributed by atoms with van der Waals surface area (Å²) >= 11 is 0. The SMILES string of the molecule is CC[C@H](C)[C@H](NC(=O)CCCCCCCCCCCCCCCCC(=O)O)C(=O)N[C@@H](C)C(=O)N[C@@H](CCC(N)=O)C(=O)N[C@@H](CCC(=O)O)C(=O)N[C@@H](CC(C)C)C(=O)N[C@@H](CCCN=C(N)N)C(=O)NC(CCCN=C(N)N)C(=O)N[C@H](C(=O)NCC(=O)N[C@@H](CC(=O)O)C(=O)N[C@@H](CCC(=O)O)C(=O)N[C@@H](Cc1ccccc1)C(=O)O)[C@@H](C)CC. The molecule has 0 radical (unpaired) electrons. The molecule has 1 aromatic carbocycles. The summed E-state index contributed by atoms with van der Waals surface area (Å²) in [6.45, 7) is 10.2.